The summed E-state index contributed by atoms with van der Waals surface area (Å²) in [5.74, 6) is 0.923. The Bertz CT molecular complexity index is 524. The predicted octanol–water partition coefficient (Wildman–Crippen LogP) is 4.93. The molecular formula is C16H20BrNOS. The number of benzene rings is 1. The van der Waals surface area contributed by atoms with Crippen molar-refractivity contribution in [3.05, 3.63) is 50.6 Å². The fraction of sp³-hybridized carbons (Fsp3) is 0.375. The van der Waals surface area contributed by atoms with E-state index in [-0.39, 0.29) is 6.04 Å². The van der Waals surface area contributed by atoms with Crippen LogP contribution in [0.3, 0.4) is 0 Å². The fourth-order valence-electron chi connectivity index (χ4n) is 1.93. The summed E-state index contributed by atoms with van der Waals surface area (Å²) in [6, 6.07) is 10.2. The first-order valence-electron chi connectivity index (χ1n) is 6.91. The Balaban J connectivity index is 1.93. The third-order valence-corrected chi connectivity index (χ3v) is 5.12. The van der Waals surface area contributed by atoms with Gasteiger partial charge in [-0.05, 0) is 51.5 Å². The van der Waals surface area contributed by atoms with Gasteiger partial charge in [0, 0.05) is 21.8 Å². The quantitative estimate of drug-likeness (QED) is 0.716. The molecule has 2 nitrogen and oxygen atoms in total. The maximum atomic E-state index is 6.27. The van der Waals surface area contributed by atoms with E-state index in [0.717, 1.165) is 41.7 Å². The lowest BCUT2D eigenvalue weighted by molar-refractivity contribution is 0.309. The van der Waals surface area contributed by atoms with Crippen LogP contribution >= 0.6 is 27.3 Å². The van der Waals surface area contributed by atoms with E-state index < -0.39 is 0 Å². The van der Waals surface area contributed by atoms with Gasteiger partial charge in [0.25, 0.3) is 0 Å². The van der Waals surface area contributed by atoms with E-state index in [0.29, 0.717) is 0 Å². The number of hydrogen-bond donors (Lipinski definition) is 1. The van der Waals surface area contributed by atoms with E-state index in [2.05, 4.69) is 46.4 Å². The molecule has 2 N–H and O–H groups in total. The molecular weight excluding hydrogens is 334 g/mol. The normalized spacial score (nSPS) is 12.3. The smallest absolute Gasteiger partial charge is 0.119 e. The van der Waals surface area contributed by atoms with Crippen molar-refractivity contribution >= 4 is 27.3 Å². The number of nitrogens with two attached hydrogens (primary N) is 1. The molecule has 0 aliphatic carbocycles. The van der Waals surface area contributed by atoms with Crippen molar-refractivity contribution in [2.75, 3.05) is 6.61 Å². The first-order valence-corrected chi connectivity index (χ1v) is 8.58. The summed E-state index contributed by atoms with van der Waals surface area (Å²) in [6.07, 6.45) is 3.10. The molecule has 0 aliphatic heterocycles. The second-order valence-electron chi connectivity index (χ2n) is 4.77. The van der Waals surface area contributed by atoms with Gasteiger partial charge in [0.15, 0.2) is 0 Å². The molecule has 2 rings (SSSR count). The van der Waals surface area contributed by atoms with Crippen molar-refractivity contribution in [2.45, 2.75) is 32.2 Å². The molecule has 0 radical (unpaired) electrons. The minimum atomic E-state index is 0.0228. The maximum Gasteiger partial charge on any atom is 0.119 e. The molecule has 0 amide bonds. The van der Waals surface area contributed by atoms with Crippen LogP contribution in [0.4, 0.5) is 0 Å². The molecule has 0 fully saturated rings. The van der Waals surface area contributed by atoms with Crippen molar-refractivity contribution in [3.8, 4) is 5.75 Å². The van der Waals surface area contributed by atoms with Crippen molar-refractivity contribution in [1.29, 1.82) is 0 Å². The van der Waals surface area contributed by atoms with E-state index in [4.69, 9.17) is 10.5 Å². The highest BCUT2D eigenvalue weighted by atomic mass is 79.9. The molecule has 0 aliphatic rings. The van der Waals surface area contributed by atoms with Gasteiger partial charge in [-0.3, -0.25) is 0 Å². The summed E-state index contributed by atoms with van der Waals surface area (Å²) in [4.78, 5) is 1.29. The van der Waals surface area contributed by atoms with Crippen LogP contribution in [-0.2, 0) is 6.42 Å². The van der Waals surface area contributed by atoms with Crippen LogP contribution < -0.4 is 10.5 Å². The van der Waals surface area contributed by atoms with E-state index in [1.165, 1.54) is 4.88 Å². The van der Waals surface area contributed by atoms with Crippen molar-refractivity contribution in [1.82, 2.24) is 0 Å². The van der Waals surface area contributed by atoms with Crippen LogP contribution in [0.15, 0.2) is 40.2 Å². The zero-order valence-corrected chi connectivity index (χ0v) is 14.0. The molecule has 1 atom stereocenters. The van der Waals surface area contributed by atoms with Gasteiger partial charge in [-0.15, -0.1) is 11.3 Å². The zero-order chi connectivity index (χ0) is 14.4. The lowest BCUT2D eigenvalue weighted by Crippen LogP contribution is -2.12. The summed E-state index contributed by atoms with van der Waals surface area (Å²) in [7, 11) is 0. The molecule has 4 heteroatoms. The van der Waals surface area contributed by atoms with Crippen LogP contribution in [0.2, 0.25) is 0 Å². The van der Waals surface area contributed by atoms with E-state index in [1.54, 1.807) is 11.3 Å². The second kappa shape index (κ2) is 7.81. The molecule has 1 aromatic carbocycles. The fourth-order valence-corrected chi connectivity index (χ4v) is 3.51. The van der Waals surface area contributed by atoms with E-state index in [1.807, 2.05) is 12.1 Å². The van der Waals surface area contributed by atoms with Crippen LogP contribution in [0.1, 0.15) is 36.2 Å². The maximum absolute atomic E-state index is 6.27. The molecule has 0 bridgehead atoms. The topological polar surface area (TPSA) is 35.2 Å². The van der Waals surface area contributed by atoms with Gasteiger partial charge in [0.2, 0.25) is 0 Å². The first kappa shape index (κ1) is 15.5. The van der Waals surface area contributed by atoms with Crippen LogP contribution in [0.25, 0.3) is 0 Å². The summed E-state index contributed by atoms with van der Waals surface area (Å²) in [6.45, 7) is 2.94. The van der Waals surface area contributed by atoms with Crippen molar-refractivity contribution < 1.29 is 4.74 Å². The molecule has 0 saturated heterocycles. The molecule has 108 valence electrons. The van der Waals surface area contributed by atoms with Gasteiger partial charge in [0.05, 0.1) is 6.61 Å². The molecule has 1 heterocycles. The lowest BCUT2D eigenvalue weighted by atomic mass is 10.0. The lowest BCUT2D eigenvalue weighted by Gasteiger charge is -2.12. The van der Waals surface area contributed by atoms with Gasteiger partial charge >= 0.3 is 0 Å². The number of ether oxygens (including phenoxy) is 1. The minimum Gasteiger partial charge on any atom is -0.494 e. The monoisotopic (exact) mass is 353 g/mol. The summed E-state index contributed by atoms with van der Waals surface area (Å²) >= 11 is 5.29. The number of hydrogen-bond acceptors (Lipinski definition) is 3. The Morgan fingerprint density at radius 1 is 1.25 bits per heavy atom. The highest BCUT2D eigenvalue weighted by Gasteiger charge is 2.10. The molecule has 0 saturated carbocycles. The highest BCUT2D eigenvalue weighted by Crippen LogP contribution is 2.27. The first-order chi connectivity index (χ1) is 9.70. The summed E-state index contributed by atoms with van der Waals surface area (Å²) < 4.78 is 6.81. The van der Waals surface area contributed by atoms with Gasteiger partial charge < -0.3 is 10.5 Å². The molecule has 1 unspecified atom stereocenters. The standard InChI is InChI=1S/C16H20BrNOS/c1-2-3-9-19-13-6-4-12(5-7-13)15(18)11-16-14(17)8-10-20-16/h4-8,10,15H,2-3,9,11,18H2,1H3. The molecule has 1 aromatic heterocycles. The van der Waals surface area contributed by atoms with Crippen LogP contribution in [0.5, 0.6) is 5.75 Å². The molecule has 20 heavy (non-hydrogen) atoms. The van der Waals surface area contributed by atoms with Gasteiger partial charge in [-0.25, -0.2) is 0 Å². The van der Waals surface area contributed by atoms with Gasteiger partial charge in [-0.1, -0.05) is 25.5 Å². The Labute approximate surface area is 133 Å². The minimum absolute atomic E-state index is 0.0228. The predicted molar refractivity (Wildman–Crippen MR) is 89.5 cm³/mol. The number of unbranched alkanes of at least 4 members (excludes halogenated alkanes) is 1. The largest absolute Gasteiger partial charge is 0.494 e. The van der Waals surface area contributed by atoms with Crippen molar-refractivity contribution in [3.63, 3.8) is 0 Å². The van der Waals surface area contributed by atoms with Crippen molar-refractivity contribution in [2.24, 2.45) is 5.73 Å². The Morgan fingerprint density at radius 3 is 2.60 bits per heavy atom. The summed E-state index contributed by atoms with van der Waals surface area (Å²) in [5, 5.41) is 2.08. The highest BCUT2D eigenvalue weighted by molar-refractivity contribution is 9.10. The average molecular weight is 354 g/mol. The van der Waals surface area contributed by atoms with Gasteiger partial charge in [-0.2, -0.15) is 0 Å². The number of rotatable bonds is 7. The van der Waals surface area contributed by atoms with Crippen LogP contribution in [-0.4, -0.2) is 6.61 Å². The Morgan fingerprint density at radius 2 is 2.00 bits per heavy atom. The number of halogens is 1. The molecule has 2 aromatic rings. The number of thiophene rings is 1. The third kappa shape index (κ3) is 4.33. The van der Waals surface area contributed by atoms with Crippen LogP contribution in [0, 0.1) is 0 Å². The average Bonchev–Trinajstić information content (AvgIpc) is 2.85. The van der Waals surface area contributed by atoms with E-state index in [9.17, 15) is 0 Å². The third-order valence-electron chi connectivity index (χ3n) is 3.17. The Kier molecular flexibility index (Phi) is 6.07. The van der Waals surface area contributed by atoms with E-state index >= 15 is 0 Å². The summed E-state index contributed by atoms with van der Waals surface area (Å²) in [5.41, 5.74) is 7.42. The zero-order valence-electron chi connectivity index (χ0n) is 11.6. The molecule has 0 spiro atoms. The van der Waals surface area contributed by atoms with Gasteiger partial charge in [0.1, 0.15) is 5.75 Å². The SMILES string of the molecule is CCCCOc1ccc(C(N)Cc2sccc2Br)cc1. The second-order valence-corrected chi connectivity index (χ2v) is 6.63. The Hall–Kier alpha value is -0.840.